The van der Waals surface area contributed by atoms with Crippen molar-refractivity contribution in [3.8, 4) is 0 Å². The zero-order valence-electron chi connectivity index (χ0n) is 10.2. The van der Waals surface area contributed by atoms with Crippen LogP contribution in [-0.2, 0) is 6.42 Å². The molecule has 0 aliphatic carbocycles. The number of hydrogen-bond acceptors (Lipinski definition) is 2. The summed E-state index contributed by atoms with van der Waals surface area (Å²) in [6.45, 7) is 4.72. The van der Waals surface area contributed by atoms with E-state index < -0.39 is 0 Å². The minimum Gasteiger partial charge on any atom is -0.352 e. The highest BCUT2D eigenvalue weighted by atomic mass is 16.1. The van der Waals surface area contributed by atoms with E-state index in [1.165, 1.54) is 0 Å². The molecule has 0 atom stereocenters. The molecule has 0 fully saturated rings. The summed E-state index contributed by atoms with van der Waals surface area (Å²) < 4.78 is 0. The molecule has 2 rings (SSSR count). The maximum atomic E-state index is 11.9. The molecule has 1 aliphatic heterocycles. The first kappa shape index (κ1) is 11.8. The van der Waals surface area contributed by atoms with Crippen LogP contribution in [0.4, 0.5) is 0 Å². The van der Waals surface area contributed by atoms with E-state index in [2.05, 4.69) is 5.32 Å². The first-order chi connectivity index (χ1) is 8.08. The molecule has 1 N–H and O–H groups in total. The Morgan fingerprint density at radius 2 is 2.18 bits per heavy atom. The number of hydrogen-bond donors (Lipinski definition) is 1. The van der Waals surface area contributed by atoms with Gasteiger partial charge in [0, 0.05) is 24.1 Å². The zero-order valence-corrected chi connectivity index (χ0v) is 10.2. The molecule has 0 spiro atoms. The second-order valence-electron chi connectivity index (χ2n) is 4.90. The first-order valence-corrected chi connectivity index (χ1v) is 6.02. The second-order valence-corrected chi connectivity index (χ2v) is 4.90. The van der Waals surface area contributed by atoms with Gasteiger partial charge in [-0.05, 0) is 24.0 Å². The fraction of sp³-hybridized carbons (Fsp3) is 0.429. The van der Waals surface area contributed by atoms with Gasteiger partial charge in [-0.15, -0.1) is 0 Å². The number of fused-ring (bicyclic) bond motifs is 1. The lowest BCUT2D eigenvalue weighted by Crippen LogP contribution is -2.32. The van der Waals surface area contributed by atoms with Crippen LogP contribution in [0.3, 0.4) is 0 Å². The van der Waals surface area contributed by atoms with Crippen molar-refractivity contribution < 1.29 is 9.59 Å². The SMILES string of the molecule is CC(C)CC(=O)c1ccc2c(c1)C(=O)NCC2. The van der Waals surface area contributed by atoms with Crippen molar-refractivity contribution in [2.75, 3.05) is 6.54 Å². The summed E-state index contributed by atoms with van der Waals surface area (Å²) in [5.74, 6) is 0.388. The van der Waals surface area contributed by atoms with E-state index in [9.17, 15) is 9.59 Å². The third-order valence-corrected chi connectivity index (χ3v) is 2.95. The Balaban J connectivity index is 2.29. The Bertz CT molecular complexity index is 463. The van der Waals surface area contributed by atoms with Crippen molar-refractivity contribution in [2.24, 2.45) is 5.92 Å². The molecule has 1 heterocycles. The summed E-state index contributed by atoms with van der Waals surface area (Å²) in [5, 5.41) is 2.79. The zero-order chi connectivity index (χ0) is 12.4. The Labute approximate surface area is 101 Å². The van der Waals surface area contributed by atoms with Gasteiger partial charge in [0.25, 0.3) is 5.91 Å². The number of Topliss-reactive ketones (excluding diaryl/α,β-unsaturated/α-hetero) is 1. The third-order valence-electron chi connectivity index (χ3n) is 2.95. The highest BCUT2D eigenvalue weighted by molar-refractivity contribution is 6.02. The van der Waals surface area contributed by atoms with Gasteiger partial charge in [0.2, 0.25) is 0 Å². The standard InChI is InChI=1S/C14H17NO2/c1-9(2)7-13(16)11-4-3-10-5-6-15-14(17)12(10)8-11/h3-4,8-9H,5-7H2,1-2H3,(H,15,17). The van der Waals surface area contributed by atoms with Gasteiger partial charge in [-0.1, -0.05) is 26.0 Å². The second kappa shape index (κ2) is 4.70. The van der Waals surface area contributed by atoms with Gasteiger partial charge in [0.15, 0.2) is 5.78 Å². The maximum Gasteiger partial charge on any atom is 0.251 e. The largest absolute Gasteiger partial charge is 0.352 e. The summed E-state index contributed by atoms with van der Waals surface area (Å²) in [7, 11) is 0. The summed E-state index contributed by atoms with van der Waals surface area (Å²) in [4.78, 5) is 23.6. The number of rotatable bonds is 3. The predicted octanol–water partition coefficient (Wildman–Crippen LogP) is 2.20. The van der Waals surface area contributed by atoms with Crippen molar-refractivity contribution in [1.82, 2.24) is 5.32 Å². The average molecular weight is 231 g/mol. The molecule has 17 heavy (non-hydrogen) atoms. The van der Waals surface area contributed by atoms with Crippen LogP contribution in [0.25, 0.3) is 0 Å². The predicted molar refractivity (Wildman–Crippen MR) is 66.3 cm³/mol. The molecule has 3 heteroatoms. The molecule has 1 amide bonds. The summed E-state index contributed by atoms with van der Waals surface area (Å²) in [5.41, 5.74) is 2.34. The number of carbonyl (C=O) groups excluding carboxylic acids is 2. The smallest absolute Gasteiger partial charge is 0.251 e. The van der Waals surface area contributed by atoms with Crippen LogP contribution in [0.15, 0.2) is 18.2 Å². The molecule has 90 valence electrons. The number of nitrogens with one attached hydrogen (secondary N) is 1. The van der Waals surface area contributed by atoms with E-state index in [-0.39, 0.29) is 11.7 Å². The van der Waals surface area contributed by atoms with Crippen molar-refractivity contribution in [3.05, 3.63) is 34.9 Å². The molecule has 3 nitrogen and oxygen atoms in total. The van der Waals surface area contributed by atoms with Gasteiger partial charge in [-0.2, -0.15) is 0 Å². The van der Waals surface area contributed by atoms with Crippen molar-refractivity contribution in [2.45, 2.75) is 26.7 Å². The molecule has 1 aliphatic rings. The Hall–Kier alpha value is -1.64. The van der Waals surface area contributed by atoms with E-state index in [0.717, 1.165) is 12.0 Å². The monoisotopic (exact) mass is 231 g/mol. The van der Waals surface area contributed by atoms with Crippen LogP contribution < -0.4 is 5.32 Å². The highest BCUT2D eigenvalue weighted by Crippen LogP contribution is 2.18. The number of benzene rings is 1. The molecule has 1 aromatic carbocycles. The minimum absolute atomic E-state index is 0.0644. The van der Waals surface area contributed by atoms with E-state index in [1.54, 1.807) is 6.07 Å². The van der Waals surface area contributed by atoms with Crippen LogP contribution in [0.1, 0.15) is 46.5 Å². The van der Waals surface area contributed by atoms with Crippen molar-refractivity contribution in [3.63, 3.8) is 0 Å². The van der Waals surface area contributed by atoms with Gasteiger partial charge in [-0.25, -0.2) is 0 Å². The van der Waals surface area contributed by atoms with E-state index in [1.807, 2.05) is 26.0 Å². The quantitative estimate of drug-likeness (QED) is 0.811. The van der Waals surface area contributed by atoms with Gasteiger partial charge < -0.3 is 5.32 Å². The molecule has 0 aromatic heterocycles. The molecule has 0 saturated carbocycles. The molecular formula is C14H17NO2. The third kappa shape index (κ3) is 2.54. The van der Waals surface area contributed by atoms with Gasteiger partial charge in [-0.3, -0.25) is 9.59 Å². The minimum atomic E-state index is -0.0644. The van der Waals surface area contributed by atoms with Crippen LogP contribution in [0.5, 0.6) is 0 Å². The fourth-order valence-electron chi connectivity index (χ4n) is 2.07. The molecule has 0 bridgehead atoms. The lowest BCUT2D eigenvalue weighted by Gasteiger charge is -2.17. The van der Waals surface area contributed by atoms with E-state index >= 15 is 0 Å². The summed E-state index contributed by atoms with van der Waals surface area (Å²) >= 11 is 0. The summed E-state index contributed by atoms with van der Waals surface area (Å²) in [6, 6.07) is 5.47. The Morgan fingerprint density at radius 3 is 2.88 bits per heavy atom. The first-order valence-electron chi connectivity index (χ1n) is 6.02. The van der Waals surface area contributed by atoms with E-state index in [0.29, 0.717) is 30.0 Å². The number of ketones is 1. The van der Waals surface area contributed by atoms with Gasteiger partial charge >= 0.3 is 0 Å². The van der Waals surface area contributed by atoms with Crippen LogP contribution in [-0.4, -0.2) is 18.2 Å². The van der Waals surface area contributed by atoms with E-state index in [4.69, 9.17) is 0 Å². The molecule has 0 unspecified atom stereocenters. The lowest BCUT2D eigenvalue weighted by atomic mass is 9.94. The van der Waals surface area contributed by atoms with Crippen molar-refractivity contribution >= 4 is 11.7 Å². The topological polar surface area (TPSA) is 46.2 Å². The Morgan fingerprint density at radius 1 is 1.41 bits per heavy atom. The highest BCUT2D eigenvalue weighted by Gasteiger charge is 2.18. The lowest BCUT2D eigenvalue weighted by molar-refractivity contribution is 0.0946. The molecule has 0 radical (unpaired) electrons. The average Bonchev–Trinajstić information content (AvgIpc) is 2.28. The van der Waals surface area contributed by atoms with Crippen LogP contribution in [0, 0.1) is 5.92 Å². The molecular weight excluding hydrogens is 214 g/mol. The molecule has 0 saturated heterocycles. The van der Waals surface area contributed by atoms with Crippen LogP contribution >= 0.6 is 0 Å². The van der Waals surface area contributed by atoms with Gasteiger partial charge in [0.1, 0.15) is 0 Å². The van der Waals surface area contributed by atoms with Gasteiger partial charge in [0.05, 0.1) is 0 Å². The van der Waals surface area contributed by atoms with Crippen LogP contribution in [0.2, 0.25) is 0 Å². The Kier molecular flexibility index (Phi) is 3.27. The normalized spacial score (nSPS) is 14.4. The van der Waals surface area contributed by atoms with Crippen molar-refractivity contribution in [1.29, 1.82) is 0 Å². The number of amides is 1. The summed E-state index contributed by atoms with van der Waals surface area (Å²) in [6.07, 6.45) is 1.38. The number of carbonyl (C=O) groups is 2. The molecule has 1 aromatic rings. The fourth-order valence-corrected chi connectivity index (χ4v) is 2.07. The maximum absolute atomic E-state index is 11.9.